The average Bonchev–Trinajstić information content (AvgIpc) is 2.67. The molecule has 3 unspecified atom stereocenters. The van der Waals surface area contributed by atoms with E-state index in [1.54, 1.807) is 0 Å². The predicted octanol–water partition coefficient (Wildman–Crippen LogP) is 2.33. The lowest BCUT2D eigenvalue weighted by Gasteiger charge is -2.36. The lowest BCUT2D eigenvalue weighted by atomic mass is 9.77. The summed E-state index contributed by atoms with van der Waals surface area (Å²) in [5.41, 5.74) is 0. The predicted molar refractivity (Wildman–Crippen MR) is 79.1 cm³/mol. The van der Waals surface area contributed by atoms with E-state index in [1.807, 2.05) is 6.92 Å². The fourth-order valence-electron chi connectivity index (χ4n) is 3.69. The third-order valence-electron chi connectivity index (χ3n) is 4.78. The molecule has 3 atom stereocenters. The van der Waals surface area contributed by atoms with Crippen LogP contribution in [-0.2, 0) is 9.59 Å². The van der Waals surface area contributed by atoms with Crippen LogP contribution < -0.4 is 5.32 Å². The molecule has 0 spiro atoms. The fraction of sp³-hybridized carbons (Fsp3) is 0.875. The van der Waals surface area contributed by atoms with Crippen molar-refractivity contribution >= 4 is 11.8 Å². The number of nitrogens with one attached hydrogen (secondary N) is 1. The molecule has 2 fully saturated rings. The molecule has 4 nitrogen and oxygen atoms in total. The summed E-state index contributed by atoms with van der Waals surface area (Å²) in [5, 5.41) is 3.51. The number of hydrogen-bond donors (Lipinski definition) is 1. The molecular formula is C16H28N2O2. The van der Waals surface area contributed by atoms with Gasteiger partial charge in [0.2, 0.25) is 11.8 Å². The first-order valence-electron chi connectivity index (χ1n) is 8.14. The summed E-state index contributed by atoms with van der Waals surface area (Å²) in [7, 11) is 0. The van der Waals surface area contributed by atoms with Gasteiger partial charge >= 0.3 is 0 Å². The molecule has 1 saturated heterocycles. The number of carbonyl (C=O) groups is 2. The quantitative estimate of drug-likeness (QED) is 0.786. The van der Waals surface area contributed by atoms with Gasteiger partial charge in [0.15, 0.2) is 0 Å². The van der Waals surface area contributed by atoms with Gasteiger partial charge in [0.05, 0.1) is 12.5 Å². The van der Waals surface area contributed by atoms with Crippen LogP contribution in [0.3, 0.4) is 0 Å². The monoisotopic (exact) mass is 280 g/mol. The molecule has 1 N–H and O–H groups in total. The molecule has 1 aliphatic heterocycles. The lowest BCUT2D eigenvalue weighted by molar-refractivity contribution is -0.138. The highest BCUT2D eigenvalue weighted by Crippen LogP contribution is 2.31. The summed E-state index contributed by atoms with van der Waals surface area (Å²) >= 11 is 0. The number of hydrogen-bond acceptors (Lipinski definition) is 3. The van der Waals surface area contributed by atoms with Gasteiger partial charge in [-0.1, -0.05) is 33.6 Å². The van der Waals surface area contributed by atoms with Gasteiger partial charge in [0, 0.05) is 12.6 Å². The van der Waals surface area contributed by atoms with E-state index in [2.05, 4.69) is 19.2 Å². The number of rotatable bonds is 5. The molecule has 0 radical (unpaired) electrons. The minimum absolute atomic E-state index is 0.00810. The molecule has 2 aliphatic rings. The van der Waals surface area contributed by atoms with Crippen molar-refractivity contribution in [2.24, 2.45) is 11.8 Å². The van der Waals surface area contributed by atoms with E-state index < -0.39 is 0 Å². The zero-order valence-electron chi connectivity index (χ0n) is 13.0. The SMILES string of the molecule is CCCN1C(=O)CC(NC2CCCCC2C(C)C)C1=O. The van der Waals surface area contributed by atoms with Gasteiger partial charge in [0.1, 0.15) is 0 Å². The Kier molecular flexibility index (Phi) is 5.19. The topological polar surface area (TPSA) is 49.4 Å². The third-order valence-corrected chi connectivity index (χ3v) is 4.78. The fourth-order valence-corrected chi connectivity index (χ4v) is 3.69. The Morgan fingerprint density at radius 2 is 1.95 bits per heavy atom. The van der Waals surface area contributed by atoms with Crippen molar-refractivity contribution in [3.63, 3.8) is 0 Å². The Balaban J connectivity index is 1.98. The zero-order valence-corrected chi connectivity index (χ0v) is 13.0. The summed E-state index contributed by atoms with van der Waals surface area (Å²) in [4.78, 5) is 25.6. The highest BCUT2D eigenvalue weighted by Gasteiger charge is 2.40. The van der Waals surface area contributed by atoms with Crippen LogP contribution in [-0.4, -0.2) is 35.3 Å². The number of imide groups is 1. The second-order valence-electron chi connectivity index (χ2n) is 6.61. The van der Waals surface area contributed by atoms with E-state index >= 15 is 0 Å². The summed E-state index contributed by atoms with van der Waals surface area (Å²) in [6, 6.07) is 0.116. The van der Waals surface area contributed by atoms with E-state index in [0.717, 1.165) is 12.8 Å². The van der Waals surface area contributed by atoms with Crippen LogP contribution in [0.5, 0.6) is 0 Å². The van der Waals surface area contributed by atoms with Crippen LogP contribution >= 0.6 is 0 Å². The van der Waals surface area contributed by atoms with E-state index in [-0.39, 0.29) is 17.9 Å². The molecule has 2 rings (SSSR count). The second-order valence-corrected chi connectivity index (χ2v) is 6.61. The Bertz CT molecular complexity index is 367. The largest absolute Gasteiger partial charge is 0.302 e. The minimum Gasteiger partial charge on any atom is -0.302 e. The first kappa shape index (κ1) is 15.5. The number of carbonyl (C=O) groups excluding carboxylic acids is 2. The summed E-state index contributed by atoms with van der Waals surface area (Å²) < 4.78 is 0. The molecule has 0 aromatic carbocycles. The first-order chi connectivity index (χ1) is 9.54. The van der Waals surface area contributed by atoms with Crippen molar-refractivity contribution < 1.29 is 9.59 Å². The van der Waals surface area contributed by atoms with Crippen molar-refractivity contribution in [3.05, 3.63) is 0 Å². The zero-order chi connectivity index (χ0) is 14.7. The molecule has 4 heteroatoms. The average molecular weight is 280 g/mol. The third kappa shape index (κ3) is 3.22. The first-order valence-corrected chi connectivity index (χ1v) is 8.14. The molecule has 0 aromatic heterocycles. The number of likely N-dealkylation sites (tertiary alicyclic amines) is 1. The van der Waals surface area contributed by atoms with Crippen molar-refractivity contribution in [2.75, 3.05) is 6.54 Å². The van der Waals surface area contributed by atoms with Gasteiger partial charge in [-0.15, -0.1) is 0 Å². The molecule has 2 amide bonds. The Morgan fingerprint density at radius 3 is 2.60 bits per heavy atom. The molecular weight excluding hydrogens is 252 g/mol. The summed E-state index contributed by atoms with van der Waals surface area (Å²) in [6.45, 7) is 7.08. The molecule has 0 bridgehead atoms. The standard InChI is InChI=1S/C16H28N2O2/c1-4-9-18-15(19)10-14(16(18)20)17-13-8-6-5-7-12(13)11(2)3/h11-14,17H,4-10H2,1-3H3. The van der Waals surface area contributed by atoms with Gasteiger partial charge in [-0.2, -0.15) is 0 Å². The smallest absolute Gasteiger partial charge is 0.246 e. The normalized spacial score (nSPS) is 31.4. The van der Waals surface area contributed by atoms with Crippen LogP contribution in [0, 0.1) is 11.8 Å². The highest BCUT2D eigenvalue weighted by atomic mass is 16.2. The van der Waals surface area contributed by atoms with Crippen molar-refractivity contribution in [3.8, 4) is 0 Å². The Hall–Kier alpha value is -0.900. The highest BCUT2D eigenvalue weighted by molar-refractivity contribution is 6.05. The number of amides is 2. The van der Waals surface area contributed by atoms with Crippen LogP contribution in [0.25, 0.3) is 0 Å². The van der Waals surface area contributed by atoms with E-state index in [4.69, 9.17) is 0 Å². The van der Waals surface area contributed by atoms with E-state index in [9.17, 15) is 9.59 Å². The Labute approximate surface area is 122 Å². The van der Waals surface area contributed by atoms with E-state index in [0.29, 0.717) is 30.8 Å². The van der Waals surface area contributed by atoms with E-state index in [1.165, 1.54) is 24.2 Å². The van der Waals surface area contributed by atoms with Gasteiger partial charge in [-0.3, -0.25) is 14.5 Å². The summed E-state index contributed by atoms with van der Waals surface area (Å²) in [5.74, 6) is 1.25. The lowest BCUT2D eigenvalue weighted by Crippen LogP contribution is -2.49. The Morgan fingerprint density at radius 1 is 1.25 bits per heavy atom. The maximum atomic E-state index is 12.3. The maximum absolute atomic E-state index is 12.3. The van der Waals surface area contributed by atoms with Crippen LogP contribution in [0.1, 0.15) is 59.3 Å². The molecule has 20 heavy (non-hydrogen) atoms. The number of nitrogens with zero attached hydrogens (tertiary/aromatic N) is 1. The van der Waals surface area contributed by atoms with Crippen molar-refractivity contribution in [1.29, 1.82) is 0 Å². The van der Waals surface area contributed by atoms with Crippen LogP contribution in [0.4, 0.5) is 0 Å². The minimum atomic E-state index is -0.279. The van der Waals surface area contributed by atoms with Crippen LogP contribution in [0.2, 0.25) is 0 Å². The van der Waals surface area contributed by atoms with Gasteiger partial charge in [-0.05, 0) is 31.1 Å². The second kappa shape index (κ2) is 6.70. The van der Waals surface area contributed by atoms with Crippen molar-refractivity contribution in [2.45, 2.75) is 71.4 Å². The maximum Gasteiger partial charge on any atom is 0.246 e. The van der Waals surface area contributed by atoms with Gasteiger partial charge < -0.3 is 5.32 Å². The molecule has 1 saturated carbocycles. The van der Waals surface area contributed by atoms with Gasteiger partial charge in [-0.25, -0.2) is 0 Å². The van der Waals surface area contributed by atoms with Gasteiger partial charge in [0.25, 0.3) is 0 Å². The molecule has 114 valence electrons. The molecule has 1 heterocycles. The summed E-state index contributed by atoms with van der Waals surface area (Å²) in [6.07, 6.45) is 6.08. The molecule has 0 aromatic rings. The van der Waals surface area contributed by atoms with Crippen molar-refractivity contribution in [1.82, 2.24) is 10.2 Å². The molecule has 1 aliphatic carbocycles. The van der Waals surface area contributed by atoms with Crippen LogP contribution in [0.15, 0.2) is 0 Å².